The van der Waals surface area contributed by atoms with Crippen LogP contribution in [-0.4, -0.2) is 23.7 Å². The molecule has 0 aliphatic heterocycles. The van der Waals surface area contributed by atoms with Crippen LogP contribution in [0.15, 0.2) is 12.1 Å². The van der Waals surface area contributed by atoms with Crippen molar-refractivity contribution >= 4 is 28.8 Å². The van der Waals surface area contributed by atoms with Crippen LogP contribution in [0.2, 0.25) is 4.34 Å². The second-order valence-corrected chi connectivity index (χ2v) is 6.75. The first kappa shape index (κ1) is 14.5. The zero-order chi connectivity index (χ0) is 13.1. The van der Waals surface area contributed by atoms with Gasteiger partial charge in [0.25, 0.3) is 5.91 Å². The van der Waals surface area contributed by atoms with E-state index in [0.29, 0.717) is 22.2 Å². The van der Waals surface area contributed by atoms with E-state index in [-0.39, 0.29) is 11.3 Å². The average molecular weight is 276 g/mol. The van der Waals surface area contributed by atoms with Gasteiger partial charge in [-0.2, -0.15) is 0 Å². The minimum absolute atomic E-state index is 0.136. The topological polar surface area (TPSA) is 49.3 Å². The molecule has 0 aliphatic carbocycles. The van der Waals surface area contributed by atoms with Gasteiger partial charge in [-0.25, -0.2) is 0 Å². The third-order valence-corrected chi connectivity index (χ3v) is 3.73. The summed E-state index contributed by atoms with van der Waals surface area (Å²) in [5.41, 5.74) is -0.156. The van der Waals surface area contributed by atoms with Crippen molar-refractivity contribution in [3.63, 3.8) is 0 Å². The zero-order valence-corrected chi connectivity index (χ0v) is 11.9. The predicted octanol–water partition coefficient (Wildman–Crippen LogP) is 2.93. The summed E-state index contributed by atoms with van der Waals surface area (Å²) in [6, 6.07) is 3.40. The molecule has 1 rings (SSSR count). The Bertz CT molecular complexity index is 384. The largest absolute Gasteiger partial charge is 0.393 e. The minimum atomic E-state index is -0.422. The van der Waals surface area contributed by atoms with Crippen LogP contribution in [0.3, 0.4) is 0 Å². The molecule has 0 spiro atoms. The lowest BCUT2D eigenvalue weighted by Gasteiger charge is -2.25. The molecular formula is C12H18ClNO2S. The molecule has 0 aliphatic rings. The fourth-order valence-electron chi connectivity index (χ4n) is 1.28. The monoisotopic (exact) mass is 275 g/mol. The Balaban J connectivity index is 2.35. The lowest BCUT2D eigenvalue weighted by molar-refractivity contribution is 0.0551. The molecule has 1 amide bonds. The molecule has 1 atom stereocenters. The maximum Gasteiger partial charge on any atom is 0.261 e. The molecule has 0 bridgehead atoms. The molecule has 2 N–H and O–H groups in total. The molecule has 1 unspecified atom stereocenters. The molecule has 3 nitrogen and oxygen atoms in total. The number of hydrogen-bond donors (Lipinski definition) is 2. The maximum absolute atomic E-state index is 11.6. The second kappa shape index (κ2) is 5.85. The fourth-order valence-corrected chi connectivity index (χ4v) is 2.24. The highest BCUT2D eigenvalue weighted by Gasteiger charge is 2.21. The van der Waals surface area contributed by atoms with E-state index in [1.54, 1.807) is 12.1 Å². The van der Waals surface area contributed by atoms with Gasteiger partial charge in [-0.15, -0.1) is 11.3 Å². The van der Waals surface area contributed by atoms with Gasteiger partial charge in [0.1, 0.15) is 0 Å². The summed E-state index contributed by atoms with van der Waals surface area (Å²) >= 11 is 7.00. The smallest absolute Gasteiger partial charge is 0.261 e. The van der Waals surface area contributed by atoms with Crippen molar-refractivity contribution in [1.29, 1.82) is 0 Å². The summed E-state index contributed by atoms with van der Waals surface area (Å²) in [6.07, 6.45) is 0.128. The van der Waals surface area contributed by atoms with E-state index in [0.717, 1.165) is 0 Å². The molecule has 0 saturated heterocycles. The van der Waals surface area contributed by atoms with Gasteiger partial charge in [0.15, 0.2) is 0 Å². The summed E-state index contributed by atoms with van der Waals surface area (Å²) in [7, 11) is 0. The van der Waals surface area contributed by atoms with E-state index < -0.39 is 6.10 Å². The lowest BCUT2D eigenvalue weighted by atomic mass is 9.87. The Kier molecular flexibility index (Phi) is 4.98. The quantitative estimate of drug-likeness (QED) is 0.888. The molecule has 0 fully saturated rings. The van der Waals surface area contributed by atoms with Crippen molar-refractivity contribution in [1.82, 2.24) is 5.32 Å². The van der Waals surface area contributed by atoms with Crippen molar-refractivity contribution in [3.8, 4) is 0 Å². The van der Waals surface area contributed by atoms with Crippen LogP contribution in [0.1, 0.15) is 36.9 Å². The van der Waals surface area contributed by atoms with E-state index in [4.69, 9.17) is 11.6 Å². The zero-order valence-electron chi connectivity index (χ0n) is 10.3. The predicted molar refractivity (Wildman–Crippen MR) is 71.7 cm³/mol. The standard InChI is InChI=1S/C12H18ClNO2S/c1-12(2,3)9(15)6-7-14-11(16)8-4-5-10(13)17-8/h4-5,9,15H,6-7H2,1-3H3,(H,14,16). The van der Waals surface area contributed by atoms with Crippen molar-refractivity contribution in [3.05, 3.63) is 21.3 Å². The Morgan fingerprint density at radius 1 is 1.53 bits per heavy atom. The summed E-state index contributed by atoms with van der Waals surface area (Å²) in [6.45, 7) is 6.38. The van der Waals surface area contributed by atoms with Crippen LogP contribution in [0.25, 0.3) is 0 Å². The van der Waals surface area contributed by atoms with E-state index in [9.17, 15) is 9.90 Å². The van der Waals surface area contributed by atoms with Gasteiger partial charge >= 0.3 is 0 Å². The van der Waals surface area contributed by atoms with Crippen LogP contribution in [0, 0.1) is 5.41 Å². The number of carbonyl (C=O) groups excluding carboxylic acids is 1. The highest BCUT2D eigenvalue weighted by Crippen LogP contribution is 2.22. The third kappa shape index (κ3) is 4.66. The maximum atomic E-state index is 11.6. The molecule has 0 saturated carbocycles. The number of thiophene rings is 1. The number of aliphatic hydroxyl groups excluding tert-OH is 1. The number of nitrogens with one attached hydrogen (secondary N) is 1. The molecule has 1 aromatic rings. The summed E-state index contributed by atoms with van der Waals surface area (Å²) in [5, 5.41) is 12.6. The summed E-state index contributed by atoms with van der Waals surface area (Å²) in [4.78, 5) is 12.2. The Morgan fingerprint density at radius 2 is 2.18 bits per heavy atom. The van der Waals surface area contributed by atoms with Gasteiger partial charge in [0.2, 0.25) is 0 Å². The van der Waals surface area contributed by atoms with Crippen molar-refractivity contribution in [2.45, 2.75) is 33.3 Å². The fraction of sp³-hybridized carbons (Fsp3) is 0.583. The number of aliphatic hydroxyl groups is 1. The van der Waals surface area contributed by atoms with Gasteiger partial charge in [-0.3, -0.25) is 4.79 Å². The van der Waals surface area contributed by atoms with Gasteiger partial charge in [0.05, 0.1) is 15.3 Å². The first-order valence-electron chi connectivity index (χ1n) is 5.52. The Hall–Kier alpha value is -0.580. The Labute approximate surface area is 111 Å². The Morgan fingerprint density at radius 3 is 2.65 bits per heavy atom. The summed E-state index contributed by atoms with van der Waals surface area (Å²) in [5.74, 6) is -0.136. The highest BCUT2D eigenvalue weighted by atomic mass is 35.5. The number of halogens is 1. The first-order valence-corrected chi connectivity index (χ1v) is 6.72. The average Bonchev–Trinajstić information content (AvgIpc) is 2.63. The van der Waals surface area contributed by atoms with Gasteiger partial charge in [-0.1, -0.05) is 32.4 Å². The van der Waals surface area contributed by atoms with Crippen LogP contribution in [0.4, 0.5) is 0 Å². The molecule has 1 aromatic heterocycles. The first-order chi connectivity index (χ1) is 7.80. The molecule has 1 heterocycles. The van der Waals surface area contributed by atoms with E-state index in [1.165, 1.54) is 11.3 Å². The normalized spacial score (nSPS) is 13.5. The molecule has 0 radical (unpaired) electrons. The molecule has 5 heteroatoms. The van der Waals surface area contributed by atoms with E-state index in [2.05, 4.69) is 5.32 Å². The minimum Gasteiger partial charge on any atom is -0.393 e. The van der Waals surface area contributed by atoms with Crippen molar-refractivity contribution < 1.29 is 9.90 Å². The number of amides is 1. The van der Waals surface area contributed by atoms with Crippen molar-refractivity contribution in [2.24, 2.45) is 5.41 Å². The van der Waals surface area contributed by atoms with Crippen LogP contribution in [0.5, 0.6) is 0 Å². The second-order valence-electron chi connectivity index (χ2n) is 5.03. The van der Waals surface area contributed by atoms with E-state index >= 15 is 0 Å². The highest BCUT2D eigenvalue weighted by molar-refractivity contribution is 7.17. The molecule has 96 valence electrons. The molecule has 0 aromatic carbocycles. The third-order valence-electron chi connectivity index (χ3n) is 2.50. The van der Waals surface area contributed by atoms with Crippen molar-refractivity contribution in [2.75, 3.05) is 6.54 Å². The number of rotatable bonds is 4. The van der Waals surface area contributed by atoms with Crippen LogP contribution < -0.4 is 5.32 Å². The van der Waals surface area contributed by atoms with Gasteiger partial charge in [-0.05, 0) is 24.0 Å². The van der Waals surface area contributed by atoms with Crippen LogP contribution in [-0.2, 0) is 0 Å². The van der Waals surface area contributed by atoms with Gasteiger partial charge in [0, 0.05) is 6.54 Å². The SMILES string of the molecule is CC(C)(C)C(O)CCNC(=O)c1ccc(Cl)s1. The summed E-state index contributed by atoms with van der Waals surface area (Å²) < 4.78 is 0.602. The van der Waals surface area contributed by atoms with E-state index in [1.807, 2.05) is 20.8 Å². The number of hydrogen-bond acceptors (Lipinski definition) is 3. The van der Waals surface area contributed by atoms with Gasteiger partial charge < -0.3 is 10.4 Å². The molecular weight excluding hydrogens is 258 g/mol. The molecule has 17 heavy (non-hydrogen) atoms. The lowest BCUT2D eigenvalue weighted by Crippen LogP contribution is -2.32. The number of carbonyl (C=O) groups is 1. The van der Waals surface area contributed by atoms with Crippen LogP contribution >= 0.6 is 22.9 Å².